The third kappa shape index (κ3) is 5.10. The Labute approximate surface area is 138 Å². The minimum Gasteiger partial charge on any atom is -0.360 e. The van der Waals surface area contributed by atoms with Crippen molar-refractivity contribution in [1.82, 2.24) is 15.5 Å². The van der Waals surface area contributed by atoms with Crippen LogP contribution in [-0.4, -0.2) is 53.9 Å². The number of aromatic nitrogens is 2. The van der Waals surface area contributed by atoms with Gasteiger partial charge in [0.2, 0.25) is 11.0 Å². The number of nitrogens with one attached hydrogen (secondary N) is 2. The van der Waals surface area contributed by atoms with Crippen LogP contribution in [0.1, 0.15) is 26.7 Å². The van der Waals surface area contributed by atoms with E-state index >= 15 is 0 Å². The first-order chi connectivity index (χ1) is 10.4. The first-order valence-electron chi connectivity index (χ1n) is 7.14. The molecule has 1 aromatic heterocycles. The maximum absolute atomic E-state index is 12.1. The van der Waals surface area contributed by atoms with Crippen molar-refractivity contribution in [3.05, 3.63) is 0 Å². The smallest absolute Gasteiger partial charge is 0.233 e. The van der Waals surface area contributed by atoms with Gasteiger partial charge >= 0.3 is 0 Å². The van der Waals surface area contributed by atoms with E-state index in [-0.39, 0.29) is 28.7 Å². The topological polar surface area (TPSA) is 101 Å². The summed E-state index contributed by atoms with van der Waals surface area (Å²) in [5, 5.41) is 14.4. The summed E-state index contributed by atoms with van der Waals surface area (Å²) >= 11 is 2.75. The van der Waals surface area contributed by atoms with E-state index in [9.17, 15) is 13.2 Å². The van der Waals surface area contributed by atoms with Crippen molar-refractivity contribution in [3.63, 3.8) is 0 Å². The molecule has 7 nitrogen and oxygen atoms in total. The van der Waals surface area contributed by atoms with Crippen LogP contribution < -0.4 is 10.6 Å². The van der Waals surface area contributed by atoms with Gasteiger partial charge in [-0.15, -0.1) is 10.2 Å². The average molecular weight is 365 g/mol. The van der Waals surface area contributed by atoms with Gasteiger partial charge in [0, 0.05) is 12.6 Å². The lowest BCUT2D eigenvalue weighted by atomic mass is 10.2. The Balaban J connectivity index is 1.82. The van der Waals surface area contributed by atoms with Crippen LogP contribution in [0, 0.1) is 0 Å². The Kier molecular flexibility index (Phi) is 6.04. The van der Waals surface area contributed by atoms with Crippen molar-refractivity contribution < 1.29 is 13.2 Å². The molecule has 0 saturated carbocycles. The molecule has 0 aromatic carbocycles. The van der Waals surface area contributed by atoms with E-state index in [1.54, 1.807) is 6.92 Å². The number of thioether (sulfide) groups is 1. The first kappa shape index (κ1) is 17.5. The molecule has 2 rings (SSSR count). The van der Waals surface area contributed by atoms with Gasteiger partial charge in [-0.25, -0.2) is 8.42 Å². The molecule has 124 valence electrons. The molecule has 0 radical (unpaired) electrons. The lowest BCUT2D eigenvalue weighted by Gasteiger charge is -2.14. The summed E-state index contributed by atoms with van der Waals surface area (Å²) < 4.78 is 23.5. The maximum atomic E-state index is 12.1. The molecule has 1 saturated heterocycles. The molecule has 1 aromatic rings. The molecule has 2 atom stereocenters. The highest BCUT2D eigenvalue weighted by Crippen LogP contribution is 2.29. The molecular weight excluding hydrogens is 344 g/mol. The minimum atomic E-state index is -2.98. The number of hydrogen-bond donors (Lipinski definition) is 2. The summed E-state index contributed by atoms with van der Waals surface area (Å²) in [4.78, 5) is 12.1. The minimum absolute atomic E-state index is 0.0417. The molecule has 0 bridgehead atoms. The van der Waals surface area contributed by atoms with Gasteiger partial charge in [0.15, 0.2) is 14.2 Å². The second-order valence-electron chi connectivity index (χ2n) is 5.17. The third-order valence-electron chi connectivity index (χ3n) is 3.16. The van der Waals surface area contributed by atoms with Gasteiger partial charge in [-0.1, -0.05) is 30.0 Å². The van der Waals surface area contributed by atoms with Gasteiger partial charge in [-0.3, -0.25) is 4.79 Å². The number of sulfone groups is 1. The summed E-state index contributed by atoms with van der Waals surface area (Å²) in [6.07, 6.45) is 1.50. The molecule has 10 heteroatoms. The van der Waals surface area contributed by atoms with Crippen LogP contribution in [0.2, 0.25) is 0 Å². The van der Waals surface area contributed by atoms with Gasteiger partial charge in [-0.2, -0.15) is 0 Å². The zero-order valence-corrected chi connectivity index (χ0v) is 15.0. The van der Waals surface area contributed by atoms with E-state index in [1.165, 1.54) is 23.1 Å². The second-order valence-corrected chi connectivity index (χ2v) is 9.96. The number of anilines is 1. The van der Waals surface area contributed by atoms with Crippen molar-refractivity contribution in [2.24, 2.45) is 0 Å². The van der Waals surface area contributed by atoms with E-state index in [1.807, 2.05) is 0 Å². The monoisotopic (exact) mass is 364 g/mol. The maximum Gasteiger partial charge on any atom is 0.233 e. The quantitative estimate of drug-likeness (QED) is 0.700. The molecule has 1 aliphatic heterocycles. The standard InChI is InChI=1S/C12H20N4O3S3/c1-3-5-13-11-15-16-12(21-11)20-8(2)10(17)14-9-4-6-22(18,19)7-9/h8-9H,3-7H2,1-2H3,(H,13,15)(H,14,17)/t8-,9-/m0/s1. The van der Waals surface area contributed by atoms with Crippen LogP contribution in [-0.2, 0) is 14.6 Å². The van der Waals surface area contributed by atoms with Gasteiger partial charge in [0.05, 0.1) is 16.8 Å². The lowest BCUT2D eigenvalue weighted by molar-refractivity contribution is -0.120. The van der Waals surface area contributed by atoms with Crippen LogP contribution in [0.4, 0.5) is 5.13 Å². The first-order valence-corrected chi connectivity index (χ1v) is 10.7. The number of hydrogen-bond acceptors (Lipinski definition) is 8. The zero-order valence-electron chi connectivity index (χ0n) is 12.5. The number of rotatable bonds is 7. The van der Waals surface area contributed by atoms with Crippen LogP contribution in [0.5, 0.6) is 0 Å². The largest absolute Gasteiger partial charge is 0.360 e. The summed E-state index contributed by atoms with van der Waals surface area (Å²) in [5.74, 6) is 0.0351. The SMILES string of the molecule is CCCNc1nnc(S[C@@H](C)C(=O)N[C@H]2CCS(=O)(=O)C2)s1. The van der Waals surface area contributed by atoms with Crippen molar-refractivity contribution in [2.45, 2.75) is 42.3 Å². The van der Waals surface area contributed by atoms with Crippen molar-refractivity contribution in [2.75, 3.05) is 23.4 Å². The molecule has 2 N–H and O–H groups in total. The second kappa shape index (κ2) is 7.60. The van der Waals surface area contributed by atoms with Crippen molar-refractivity contribution in [3.8, 4) is 0 Å². The highest BCUT2D eigenvalue weighted by molar-refractivity contribution is 8.02. The fourth-order valence-electron chi connectivity index (χ4n) is 1.99. The predicted octanol–water partition coefficient (Wildman–Crippen LogP) is 1.14. The summed E-state index contributed by atoms with van der Waals surface area (Å²) in [7, 11) is -2.98. The Morgan fingerprint density at radius 3 is 2.91 bits per heavy atom. The Bertz CT molecular complexity index is 617. The van der Waals surface area contributed by atoms with Gasteiger partial charge in [0.1, 0.15) is 0 Å². The third-order valence-corrected chi connectivity index (χ3v) is 6.99. The van der Waals surface area contributed by atoms with Gasteiger partial charge in [-0.05, 0) is 19.8 Å². The Hall–Kier alpha value is -0.870. The molecule has 0 aliphatic carbocycles. The highest BCUT2D eigenvalue weighted by Gasteiger charge is 2.30. The van der Waals surface area contributed by atoms with E-state index in [0.29, 0.717) is 6.42 Å². The lowest BCUT2D eigenvalue weighted by Crippen LogP contribution is -2.39. The van der Waals surface area contributed by atoms with E-state index in [4.69, 9.17) is 0 Å². The molecule has 0 unspecified atom stereocenters. The molecule has 1 fully saturated rings. The summed E-state index contributed by atoms with van der Waals surface area (Å²) in [6.45, 7) is 4.69. The average Bonchev–Trinajstić information content (AvgIpc) is 3.03. The van der Waals surface area contributed by atoms with E-state index in [2.05, 4.69) is 27.8 Å². The normalized spacial score (nSPS) is 21.5. The van der Waals surface area contributed by atoms with Crippen molar-refractivity contribution in [1.29, 1.82) is 0 Å². The molecule has 1 aliphatic rings. The van der Waals surface area contributed by atoms with Crippen LogP contribution in [0.3, 0.4) is 0 Å². The fraction of sp³-hybridized carbons (Fsp3) is 0.750. The highest BCUT2D eigenvalue weighted by atomic mass is 32.2. The van der Waals surface area contributed by atoms with Crippen LogP contribution in [0.15, 0.2) is 4.34 Å². The van der Waals surface area contributed by atoms with E-state index < -0.39 is 9.84 Å². The number of amides is 1. The van der Waals surface area contributed by atoms with Gasteiger partial charge in [0.25, 0.3) is 0 Å². The molecular formula is C12H20N4O3S3. The van der Waals surface area contributed by atoms with Crippen LogP contribution in [0.25, 0.3) is 0 Å². The molecule has 22 heavy (non-hydrogen) atoms. The van der Waals surface area contributed by atoms with E-state index in [0.717, 1.165) is 22.4 Å². The van der Waals surface area contributed by atoms with Crippen LogP contribution >= 0.6 is 23.1 Å². The molecule has 0 spiro atoms. The number of carbonyl (C=O) groups excluding carboxylic acids is 1. The van der Waals surface area contributed by atoms with Crippen molar-refractivity contribution >= 4 is 44.0 Å². The van der Waals surface area contributed by atoms with Gasteiger partial charge < -0.3 is 10.6 Å². The summed E-state index contributed by atoms with van der Waals surface area (Å²) in [6, 6.07) is -0.267. The number of nitrogens with zero attached hydrogens (tertiary/aromatic N) is 2. The number of carbonyl (C=O) groups is 1. The zero-order chi connectivity index (χ0) is 16.2. The Morgan fingerprint density at radius 2 is 2.27 bits per heavy atom. The molecule has 2 heterocycles. The fourth-order valence-corrected chi connectivity index (χ4v) is 5.60. The predicted molar refractivity (Wildman–Crippen MR) is 89.2 cm³/mol. The molecule has 1 amide bonds. The summed E-state index contributed by atoms with van der Waals surface area (Å²) in [5.41, 5.74) is 0. The Morgan fingerprint density at radius 1 is 1.50 bits per heavy atom.